The van der Waals surface area contributed by atoms with E-state index in [1.807, 2.05) is 35.4 Å². The summed E-state index contributed by atoms with van der Waals surface area (Å²) in [6.07, 6.45) is 2.69. The quantitative estimate of drug-likeness (QED) is 0.693. The fourth-order valence-electron chi connectivity index (χ4n) is 3.10. The molecule has 1 unspecified atom stereocenters. The number of hydrogen-bond acceptors (Lipinski definition) is 5. The van der Waals surface area contributed by atoms with Crippen molar-refractivity contribution < 1.29 is 4.79 Å². The molecule has 2 aromatic carbocycles. The van der Waals surface area contributed by atoms with Gasteiger partial charge < -0.3 is 16.0 Å². The van der Waals surface area contributed by atoms with Crippen LogP contribution in [0.1, 0.15) is 16.8 Å². The molecular formula is C19H20ClN5O. The molecule has 2 heterocycles. The number of hydrogen-bond donors (Lipinski definition) is 2. The van der Waals surface area contributed by atoms with Gasteiger partial charge in [0, 0.05) is 42.0 Å². The first-order valence-corrected chi connectivity index (χ1v) is 8.32. The zero-order valence-corrected chi connectivity index (χ0v) is 14.9. The molecule has 0 radical (unpaired) electrons. The van der Waals surface area contributed by atoms with Crippen LogP contribution in [0.2, 0.25) is 0 Å². The smallest absolute Gasteiger partial charge is 0.253 e. The van der Waals surface area contributed by atoms with Crippen molar-refractivity contribution in [3.05, 3.63) is 60.3 Å². The Bertz CT molecular complexity index is 915. The van der Waals surface area contributed by atoms with Gasteiger partial charge >= 0.3 is 0 Å². The Balaban J connectivity index is 0.00000196. The lowest BCUT2D eigenvalue weighted by atomic mass is 10.2. The third kappa shape index (κ3) is 3.70. The van der Waals surface area contributed by atoms with Crippen molar-refractivity contribution >= 4 is 40.9 Å². The SMILES string of the molecule is Cl.Nc1ccc(C(=O)N2CCC(Nc3ncc4ccccc4n3)C2)cc1. The summed E-state index contributed by atoms with van der Waals surface area (Å²) in [4.78, 5) is 23.3. The van der Waals surface area contributed by atoms with Crippen molar-refractivity contribution in [1.82, 2.24) is 14.9 Å². The highest BCUT2D eigenvalue weighted by molar-refractivity contribution is 5.94. The summed E-state index contributed by atoms with van der Waals surface area (Å²) in [5, 5.41) is 4.36. The highest BCUT2D eigenvalue weighted by Crippen LogP contribution is 2.18. The molecule has 1 fully saturated rings. The van der Waals surface area contributed by atoms with Crippen LogP contribution in [-0.4, -0.2) is 39.9 Å². The first kappa shape index (κ1) is 17.9. The third-order valence-electron chi connectivity index (χ3n) is 4.46. The standard InChI is InChI=1S/C19H19N5O.ClH/c20-15-7-5-13(6-8-15)18(25)24-10-9-16(12-24)22-19-21-11-14-3-1-2-4-17(14)23-19;/h1-8,11,16H,9-10,12,20H2,(H,21,22,23);1H. The van der Waals surface area contributed by atoms with Gasteiger partial charge in [0.05, 0.1) is 5.52 Å². The lowest BCUT2D eigenvalue weighted by molar-refractivity contribution is 0.0791. The molecule has 1 atom stereocenters. The number of carbonyl (C=O) groups is 1. The predicted molar refractivity (Wildman–Crippen MR) is 106 cm³/mol. The van der Waals surface area contributed by atoms with E-state index in [0.29, 0.717) is 30.3 Å². The molecule has 0 aliphatic carbocycles. The number of amides is 1. The highest BCUT2D eigenvalue weighted by atomic mass is 35.5. The molecule has 1 aliphatic heterocycles. The van der Waals surface area contributed by atoms with E-state index in [0.717, 1.165) is 17.3 Å². The number of para-hydroxylation sites is 1. The zero-order chi connectivity index (χ0) is 17.2. The molecule has 0 saturated carbocycles. The molecule has 134 valence electrons. The molecule has 4 rings (SSSR count). The third-order valence-corrected chi connectivity index (χ3v) is 4.46. The molecule has 26 heavy (non-hydrogen) atoms. The van der Waals surface area contributed by atoms with Gasteiger partial charge in [0.15, 0.2) is 0 Å². The summed E-state index contributed by atoms with van der Waals surface area (Å²) in [5.74, 6) is 0.634. The summed E-state index contributed by atoms with van der Waals surface area (Å²) in [6, 6.07) is 15.1. The van der Waals surface area contributed by atoms with E-state index in [4.69, 9.17) is 5.73 Å². The van der Waals surface area contributed by atoms with E-state index in [9.17, 15) is 4.79 Å². The number of fused-ring (bicyclic) bond motifs is 1. The number of halogens is 1. The van der Waals surface area contributed by atoms with Crippen molar-refractivity contribution in [2.45, 2.75) is 12.5 Å². The fraction of sp³-hybridized carbons (Fsp3) is 0.211. The maximum atomic E-state index is 12.6. The van der Waals surface area contributed by atoms with E-state index in [1.54, 1.807) is 24.3 Å². The summed E-state index contributed by atoms with van der Waals surface area (Å²) >= 11 is 0. The van der Waals surface area contributed by atoms with Crippen molar-refractivity contribution in [2.24, 2.45) is 0 Å². The van der Waals surface area contributed by atoms with Crippen LogP contribution in [0, 0.1) is 0 Å². The molecule has 7 heteroatoms. The van der Waals surface area contributed by atoms with Crippen molar-refractivity contribution in [3.63, 3.8) is 0 Å². The number of nitrogens with two attached hydrogens (primary N) is 1. The van der Waals surface area contributed by atoms with Crippen LogP contribution in [0.25, 0.3) is 10.9 Å². The second kappa shape index (κ2) is 7.58. The van der Waals surface area contributed by atoms with E-state index < -0.39 is 0 Å². The van der Waals surface area contributed by atoms with Gasteiger partial charge in [-0.3, -0.25) is 4.79 Å². The van der Waals surface area contributed by atoms with Gasteiger partial charge in [0.1, 0.15) is 0 Å². The van der Waals surface area contributed by atoms with Crippen LogP contribution in [-0.2, 0) is 0 Å². The van der Waals surface area contributed by atoms with Gasteiger partial charge in [-0.05, 0) is 36.8 Å². The van der Waals surface area contributed by atoms with E-state index >= 15 is 0 Å². The molecule has 0 spiro atoms. The summed E-state index contributed by atoms with van der Waals surface area (Å²) < 4.78 is 0. The number of nitrogens with zero attached hydrogens (tertiary/aromatic N) is 3. The lowest BCUT2D eigenvalue weighted by Crippen LogP contribution is -2.31. The molecule has 0 bridgehead atoms. The Labute approximate surface area is 157 Å². The number of anilines is 2. The average molecular weight is 370 g/mol. The number of carbonyl (C=O) groups excluding carboxylic acids is 1. The van der Waals surface area contributed by atoms with Gasteiger partial charge in [0.2, 0.25) is 5.95 Å². The van der Waals surface area contributed by atoms with Crippen molar-refractivity contribution in [3.8, 4) is 0 Å². The second-order valence-corrected chi connectivity index (χ2v) is 6.26. The molecule has 6 nitrogen and oxygen atoms in total. The van der Waals surface area contributed by atoms with Crippen molar-refractivity contribution in [2.75, 3.05) is 24.1 Å². The maximum Gasteiger partial charge on any atom is 0.253 e. The first-order chi connectivity index (χ1) is 12.2. The zero-order valence-electron chi connectivity index (χ0n) is 14.1. The first-order valence-electron chi connectivity index (χ1n) is 8.32. The molecule has 3 aromatic rings. The molecule has 3 N–H and O–H groups in total. The molecule has 1 saturated heterocycles. The number of likely N-dealkylation sites (tertiary alicyclic amines) is 1. The molecule has 1 aliphatic rings. The topological polar surface area (TPSA) is 84.1 Å². The van der Waals surface area contributed by atoms with Crippen LogP contribution in [0.3, 0.4) is 0 Å². The van der Waals surface area contributed by atoms with Crippen LogP contribution in [0.4, 0.5) is 11.6 Å². The normalized spacial score (nSPS) is 16.3. The van der Waals surface area contributed by atoms with Crippen LogP contribution < -0.4 is 11.1 Å². The van der Waals surface area contributed by atoms with Gasteiger partial charge in [-0.2, -0.15) is 0 Å². The van der Waals surface area contributed by atoms with Crippen LogP contribution >= 0.6 is 12.4 Å². The minimum Gasteiger partial charge on any atom is -0.399 e. The molecule has 1 amide bonds. The minimum atomic E-state index is 0. The minimum absolute atomic E-state index is 0. The predicted octanol–water partition coefficient (Wildman–Crippen LogP) is 2.96. The fourth-order valence-corrected chi connectivity index (χ4v) is 3.10. The van der Waals surface area contributed by atoms with Crippen molar-refractivity contribution in [1.29, 1.82) is 0 Å². The number of benzene rings is 2. The van der Waals surface area contributed by atoms with E-state index in [2.05, 4.69) is 15.3 Å². The van der Waals surface area contributed by atoms with Crippen LogP contribution in [0.5, 0.6) is 0 Å². The van der Waals surface area contributed by atoms with Gasteiger partial charge in [-0.25, -0.2) is 9.97 Å². The van der Waals surface area contributed by atoms with E-state index in [-0.39, 0.29) is 24.4 Å². The molecular weight excluding hydrogens is 350 g/mol. The number of nitrogen functional groups attached to an aromatic ring is 1. The van der Waals surface area contributed by atoms with Gasteiger partial charge in [-0.1, -0.05) is 18.2 Å². The van der Waals surface area contributed by atoms with Gasteiger partial charge in [-0.15, -0.1) is 12.4 Å². The Kier molecular flexibility index (Phi) is 5.23. The molecule has 1 aromatic heterocycles. The number of aromatic nitrogens is 2. The lowest BCUT2D eigenvalue weighted by Gasteiger charge is -2.17. The monoisotopic (exact) mass is 369 g/mol. The Hall–Kier alpha value is -2.86. The maximum absolute atomic E-state index is 12.6. The summed E-state index contributed by atoms with van der Waals surface area (Å²) in [7, 11) is 0. The second-order valence-electron chi connectivity index (χ2n) is 6.26. The largest absolute Gasteiger partial charge is 0.399 e. The highest BCUT2D eigenvalue weighted by Gasteiger charge is 2.27. The Morgan fingerprint density at radius 1 is 1.15 bits per heavy atom. The summed E-state index contributed by atoms with van der Waals surface area (Å²) in [6.45, 7) is 1.36. The number of rotatable bonds is 3. The number of nitrogens with one attached hydrogen (secondary N) is 1. The average Bonchev–Trinajstić information content (AvgIpc) is 3.10. The Morgan fingerprint density at radius 3 is 2.73 bits per heavy atom. The van der Waals surface area contributed by atoms with E-state index in [1.165, 1.54) is 0 Å². The van der Waals surface area contributed by atoms with Crippen LogP contribution in [0.15, 0.2) is 54.7 Å². The summed E-state index contributed by atoms with van der Waals surface area (Å²) in [5.41, 5.74) is 7.91. The Morgan fingerprint density at radius 2 is 1.92 bits per heavy atom. The van der Waals surface area contributed by atoms with Gasteiger partial charge in [0.25, 0.3) is 5.91 Å².